The SMILES string of the molecule is O=C(O)c1cc(NC(=O)c2ccoc2Cl)ccc1F. The summed E-state index contributed by atoms with van der Waals surface area (Å²) in [4.78, 5) is 22.5. The van der Waals surface area contributed by atoms with Crippen LogP contribution in [-0.2, 0) is 0 Å². The minimum atomic E-state index is -1.42. The van der Waals surface area contributed by atoms with Gasteiger partial charge in [0.2, 0.25) is 5.22 Å². The van der Waals surface area contributed by atoms with Gasteiger partial charge in [-0.05, 0) is 35.9 Å². The van der Waals surface area contributed by atoms with Gasteiger partial charge < -0.3 is 14.8 Å². The largest absolute Gasteiger partial charge is 0.478 e. The highest BCUT2D eigenvalue weighted by Gasteiger charge is 2.15. The van der Waals surface area contributed by atoms with E-state index in [0.717, 1.165) is 12.1 Å². The van der Waals surface area contributed by atoms with Crippen molar-refractivity contribution in [1.82, 2.24) is 0 Å². The molecule has 7 heteroatoms. The molecular weight excluding hydrogens is 277 g/mol. The number of amides is 1. The van der Waals surface area contributed by atoms with Gasteiger partial charge in [0.25, 0.3) is 5.91 Å². The lowest BCUT2D eigenvalue weighted by Crippen LogP contribution is -2.12. The monoisotopic (exact) mass is 283 g/mol. The van der Waals surface area contributed by atoms with Crippen LogP contribution in [0.25, 0.3) is 0 Å². The van der Waals surface area contributed by atoms with E-state index in [0.29, 0.717) is 0 Å². The highest BCUT2D eigenvalue weighted by Crippen LogP contribution is 2.20. The quantitative estimate of drug-likeness (QED) is 0.907. The van der Waals surface area contributed by atoms with E-state index in [4.69, 9.17) is 21.1 Å². The molecule has 0 aliphatic carbocycles. The van der Waals surface area contributed by atoms with E-state index in [-0.39, 0.29) is 16.5 Å². The van der Waals surface area contributed by atoms with Gasteiger partial charge in [0.15, 0.2) is 0 Å². The van der Waals surface area contributed by atoms with Crippen LogP contribution in [0.15, 0.2) is 34.9 Å². The van der Waals surface area contributed by atoms with E-state index >= 15 is 0 Å². The number of carbonyl (C=O) groups is 2. The van der Waals surface area contributed by atoms with Crippen LogP contribution in [0.1, 0.15) is 20.7 Å². The average Bonchev–Trinajstić information content (AvgIpc) is 2.77. The Labute approximate surface area is 111 Å². The van der Waals surface area contributed by atoms with Gasteiger partial charge in [0.05, 0.1) is 17.4 Å². The molecule has 5 nitrogen and oxygen atoms in total. The molecule has 0 atom stereocenters. The molecule has 19 heavy (non-hydrogen) atoms. The van der Waals surface area contributed by atoms with Gasteiger partial charge in [-0.3, -0.25) is 4.79 Å². The number of carboxylic acids is 1. The lowest BCUT2D eigenvalue weighted by Gasteiger charge is -2.05. The zero-order valence-corrected chi connectivity index (χ0v) is 10.1. The average molecular weight is 284 g/mol. The Kier molecular flexibility index (Phi) is 3.52. The van der Waals surface area contributed by atoms with Crippen LogP contribution in [0.5, 0.6) is 0 Å². The number of carboxylic acid groups (broad SMARTS) is 1. The molecule has 1 heterocycles. The van der Waals surface area contributed by atoms with Crippen LogP contribution in [0.3, 0.4) is 0 Å². The molecule has 0 aliphatic heterocycles. The maximum Gasteiger partial charge on any atom is 0.338 e. The summed E-state index contributed by atoms with van der Waals surface area (Å²) >= 11 is 5.63. The molecule has 1 aromatic heterocycles. The summed E-state index contributed by atoms with van der Waals surface area (Å²) in [6.07, 6.45) is 1.24. The number of anilines is 1. The fourth-order valence-electron chi connectivity index (χ4n) is 1.42. The van der Waals surface area contributed by atoms with Crippen molar-refractivity contribution < 1.29 is 23.5 Å². The third-order valence-corrected chi connectivity index (χ3v) is 2.61. The molecule has 2 aromatic rings. The lowest BCUT2D eigenvalue weighted by atomic mass is 10.2. The van der Waals surface area contributed by atoms with Crippen molar-refractivity contribution in [3.05, 3.63) is 52.7 Å². The Morgan fingerprint density at radius 2 is 2.00 bits per heavy atom. The number of benzene rings is 1. The highest BCUT2D eigenvalue weighted by molar-refractivity contribution is 6.32. The number of hydrogen-bond acceptors (Lipinski definition) is 3. The second-order valence-electron chi connectivity index (χ2n) is 3.56. The maximum absolute atomic E-state index is 13.2. The second-order valence-corrected chi connectivity index (χ2v) is 3.91. The standard InChI is InChI=1S/C12H7ClFNO4/c13-10-7(3-4-19-10)11(16)15-6-1-2-9(14)8(5-6)12(17)18/h1-5H,(H,15,16)(H,17,18). The van der Waals surface area contributed by atoms with E-state index in [9.17, 15) is 14.0 Å². The molecule has 0 radical (unpaired) electrons. The first-order valence-corrected chi connectivity index (χ1v) is 5.44. The molecule has 0 fully saturated rings. The Morgan fingerprint density at radius 3 is 2.58 bits per heavy atom. The maximum atomic E-state index is 13.2. The summed E-state index contributed by atoms with van der Waals surface area (Å²) in [5, 5.41) is 11.1. The number of hydrogen-bond donors (Lipinski definition) is 2. The van der Waals surface area contributed by atoms with Crippen LogP contribution in [0.4, 0.5) is 10.1 Å². The molecule has 0 aliphatic rings. The van der Waals surface area contributed by atoms with Gasteiger partial charge in [-0.2, -0.15) is 0 Å². The number of furan rings is 1. The zero-order chi connectivity index (χ0) is 14.0. The van der Waals surface area contributed by atoms with Crippen LogP contribution in [-0.4, -0.2) is 17.0 Å². The molecule has 1 aromatic carbocycles. The number of halogens is 2. The Morgan fingerprint density at radius 1 is 1.26 bits per heavy atom. The van der Waals surface area contributed by atoms with Gasteiger partial charge in [-0.15, -0.1) is 0 Å². The first kappa shape index (κ1) is 13.1. The molecule has 0 bridgehead atoms. The van der Waals surface area contributed by atoms with Crippen molar-refractivity contribution in [2.24, 2.45) is 0 Å². The minimum absolute atomic E-state index is 0.0851. The first-order chi connectivity index (χ1) is 8.99. The van der Waals surface area contributed by atoms with Crippen LogP contribution < -0.4 is 5.32 Å². The van der Waals surface area contributed by atoms with Crippen LogP contribution >= 0.6 is 11.6 Å². The third kappa shape index (κ3) is 2.74. The molecule has 0 saturated heterocycles. The number of rotatable bonds is 3. The first-order valence-electron chi connectivity index (χ1n) is 5.06. The van der Waals surface area contributed by atoms with Crippen molar-refractivity contribution in [2.75, 3.05) is 5.32 Å². The van der Waals surface area contributed by atoms with E-state index in [1.807, 2.05) is 0 Å². The normalized spacial score (nSPS) is 10.2. The van der Waals surface area contributed by atoms with Crippen molar-refractivity contribution in [3.8, 4) is 0 Å². The molecule has 98 valence electrons. The number of nitrogens with one attached hydrogen (secondary N) is 1. The summed E-state index contributed by atoms with van der Waals surface area (Å²) in [7, 11) is 0. The van der Waals surface area contributed by atoms with Gasteiger partial charge >= 0.3 is 5.97 Å². The molecule has 0 unspecified atom stereocenters. The highest BCUT2D eigenvalue weighted by atomic mass is 35.5. The minimum Gasteiger partial charge on any atom is -0.478 e. The molecule has 0 spiro atoms. The number of carbonyl (C=O) groups excluding carboxylic acids is 1. The predicted octanol–water partition coefficient (Wildman–Crippen LogP) is 3.02. The smallest absolute Gasteiger partial charge is 0.338 e. The van der Waals surface area contributed by atoms with Crippen molar-refractivity contribution >= 4 is 29.2 Å². The molecular formula is C12H7ClFNO4. The van der Waals surface area contributed by atoms with Crippen molar-refractivity contribution in [3.63, 3.8) is 0 Å². The van der Waals surface area contributed by atoms with Crippen molar-refractivity contribution in [1.29, 1.82) is 0 Å². The van der Waals surface area contributed by atoms with Gasteiger partial charge in [-0.1, -0.05) is 0 Å². The Balaban J connectivity index is 2.25. The lowest BCUT2D eigenvalue weighted by molar-refractivity contribution is 0.0691. The predicted molar refractivity (Wildman–Crippen MR) is 65.0 cm³/mol. The molecule has 1 amide bonds. The van der Waals surface area contributed by atoms with Crippen molar-refractivity contribution in [2.45, 2.75) is 0 Å². The van der Waals surface area contributed by atoms with E-state index in [1.165, 1.54) is 18.4 Å². The molecule has 2 rings (SSSR count). The summed E-state index contributed by atoms with van der Waals surface area (Å²) in [5.41, 5.74) is -0.292. The Hall–Kier alpha value is -2.34. The third-order valence-electron chi connectivity index (χ3n) is 2.32. The van der Waals surface area contributed by atoms with Gasteiger partial charge in [0, 0.05) is 5.69 Å². The van der Waals surface area contributed by atoms with E-state index in [2.05, 4.69) is 5.32 Å². The van der Waals surface area contributed by atoms with Crippen LogP contribution in [0, 0.1) is 5.82 Å². The van der Waals surface area contributed by atoms with Gasteiger partial charge in [0.1, 0.15) is 5.82 Å². The topological polar surface area (TPSA) is 79.5 Å². The Bertz CT molecular complexity index is 653. The summed E-state index contributed by atoms with van der Waals surface area (Å²) < 4.78 is 17.9. The van der Waals surface area contributed by atoms with E-state index < -0.39 is 23.3 Å². The number of aromatic carboxylic acids is 1. The van der Waals surface area contributed by atoms with E-state index in [1.54, 1.807) is 0 Å². The van der Waals surface area contributed by atoms with Gasteiger partial charge in [-0.25, -0.2) is 9.18 Å². The van der Waals surface area contributed by atoms with Crippen LogP contribution in [0.2, 0.25) is 5.22 Å². The summed E-state index contributed by atoms with van der Waals surface area (Å²) in [6, 6.07) is 4.58. The fraction of sp³-hybridized carbons (Fsp3) is 0. The summed E-state index contributed by atoms with van der Waals surface area (Å²) in [5.74, 6) is -2.89. The molecule has 2 N–H and O–H groups in total. The second kappa shape index (κ2) is 5.11. The zero-order valence-electron chi connectivity index (χ0n) is 9.31. The summed E-state index contributed by atoms with van der Waals surface area (Å²) in [6.45, 7) is 0. The fourth-order valence-corrected chi connectivity index (χ4v) is 1.62. The molecule has 0 saturated carbocycles.